The van der Waals surface area contributed by atoms with Gasteiger partial charge in [0.15, 0.2) is 0 Å². The van der Waals surface area contributed by atoms with Crippen LogP contribution in [0.2, 0.25) is 0 Å². The molecule has 0 bridgehead atoms. The van der Waals surface area contributed by atoms with Crippen LogP contribution in [0.25, 0.3) is 5.69 Å². The summed E-state index contributed by atoms with van der Waals surface area (Å²) in [5.74, 6) is -0.208. The fourth-order valence-corrected chi connectivity index (χ4v) is 2.82. The normalized spacial score (nSPS) is 13.1. The summed E-state index contributed by atoms with van der Waals surface area (Å²) >= 11 is 0. The van der Waals surface area contributed by atoms with E-state index in [1.165, 1.54) is 4.68 Å². The number of hydrogen-bond acceptors (Lipinski definition) is 3. The highest BCUT2D eigenvalue weighted by Gasteiger charge is 2.30. The minimum atomic E-state index is -0.270. The van der Waals surface area contributed by atoms with Crippen molar-refractivity contribution in [2.75, 3.05) is 0 Å². The monoisotopic (exact) mass is 303 g/mol. The second kappa shape index (κ2) is 4.91. The summed E-state index contributed by atoms with van der Waals surface area (Å²) in [6.45, 7) is 1.77. The Bertz CT molecular complexity index is 1010. The number of aromatic nitrogens is 2. The summed E-state index contributed by atoms with van der Waals surface area (Å²) in [6, 6.07) is 16.4. The number of benzene rings is 2. The second-order valence-electron chi connectivity index (χ2n) is 5.39. The van der Waals surface area contributed by atoms with Crippen molar-refractivity contribution in [3.05, 3.63) is 81.8 Å². The van der Waals surface area contributed by atoms with Gasteiger partial charge in [0.1, 0.15) is 5.71 Å². The van der Waals surface area contributed by atoms with Crippen LogP contribution in [0.4, 0.5) is 5.69 Å². The zero-order valence-corrected chi connectivity index (χ0v) is 12.4. The number of aliphatic imine (C=N–C) groups is 1. The Morgan fingerprint density at radius 1 is 0.957 bits per heavy atom. The van der Waals surface area contributed by atoms with Crippen molar-refractivity contribution in [3.63, 3.8) is 0 Å². The maximum absolute atomic E-state index is 12.8. The highest BCUT2D eigenvalue weighted by molar-refractivity contribution is 6.55. The Hall–Kier alpha value is -3.21. The van der Waals surface area contributed by atoms with Gasteiger partial charge in [-0.15, -0.1) is 0 Å². The van der Waals surface area contributed by atoms with Crippen LogP contribution < -0.4 is 5.56 Å². The Morgan fingerprint density at radius 3 is 2.39 bits per heavy atom. The number of ketones is 1. The molecule has 5 nitrogen and oxygen atoms in total. The van der Waals surface area contributed by atoms with E-state index in [-0.39, 0.29) is 17.1 Å². The smallest absolute Gasteiger partial charge is 0.281 e. The fraction of sp³-hybridized carbons (Fsp3) is 0.0556. The van der Waals surface area contributed by atoms with E-state index in [9.17, 15) is 9.59 Å². The number of aryl methyl sites for hydroxylation is 1. The molecule has 3 aromatic rings. The predicted octanol–water partition coefficient (Wildman–Crippen LogP) is 2.79. The van der Waals surface area contributed by atoms with Crippen LogP contribution in [0, 0.1) is 6.92 Å². The molecule has 0 aliphatic carbocycles. The van der Waals surface area contributed by atoms with Crippen LogP contribution in [0.1, 0.15) is 21.6 Å². The molecule has 23 heavy (non-hydrogen) atoms. The average molecular weight is 303 g/mol. The number of hydrogen-bond donors (Lipinski definition) is 1. The molecule has 0 saturated heterocycles. The number of carbonyl (C=O) groups is 1. The molecular weight excluding hydrogens is 290 g/mol. The first-order valence-corrected chi connectivity index (χ1v) is 7.26. The van der Waals surface area contributed by atoms with Crippen LogP contribution in [0.5, 0.6) is 0 Å². The van der Waals surface area contributed by atoms with Crippen molar-refractivity contribution in [2.45, 2.75) is 6.92 Å². The van der Waals surface area contributed by atoms with Crippen molar-refractivity contribution < 1.29 is 4.79 Å². The first kappa shape index (κ1) is 13.5. The minimum absolute atomic E-state index is 0.208. The third-order valence-corrected chi connectivity index (χ3v) is 3.92. The average Bonchev–Trinajstić information content (AvgIpc) is 3.05. The zero-order valence-electron chi connectivity index (χ0n) is 12.4. The highest BCUT2D eigenvalue weighted by Crippen LogP contribution is 2.28. The maximum Gasteiger partial charge on any atom is 0.281 e. The number of para-hydroxylation sites is 2. The van der Waals surface area contributed by atoms with E-state index in [1.54, 1.807) is 25.1 Å². The number of carbonyl (C=O) groups excluding carboxylic acids is 1. The summed E-state index contributed by atoms with van der Waals surface area (Å²) in [5.41, 5.74) is 2.75. The lowest BCUT2D eigenvalue weighted by molar-refractivity contribution is 0.107. The summed E-state index contributed by atoms with van der Waals surface area (Å²) in [6.07, 6.45) is 0. The van der Waals surface area contributed by atoms with Gasteiger partial charge in [-0.05, 0) is 31.2 Å². The molecule has 0 spiro atoms. The van der Waals surface area contributed by atoms with E-state index in [2.05, 4.69) is 10.1 Å². The van der Waals surface area contributed by atoms with E-state index in [4.69, 9.17) is 0 Å². The minimum Gasteiger partial charge on any atom is -0.295 e. The summed E-state index contributed by atoms with van der Waals surface area (Å²) in [5, 5.41) is 3.02. The topological polar surface area (TPSA) is 67.2 Å². The van der Waals surface area contributed by atoms with E-state index < -0.39 is 0 Å². The first-order chi connectivity index (χ1) is 11.2. The van der Waals surface area contributed by atoms with Crippen LogP contribution >= 0.6 is 0 Å². The highest BCUT2D eigenvalue weighted by atomic mass is 16.1. The van der Waals surface area contributed by atoms with Gasteiger partial charge in [-0.1, -0.05) is 30.3 Å². The largest absolute Gasteiger partial charge is 0.295 e. The lowest BCUT2D eigenvalue weighted by Crippen LogP contribution is -2.23. The lowest BCUT2D eigenvalue weighted by atomic mass is 10.0. The van der Waals surface area contributed by atoms with Gasteiger partial charge in [-0.25, -0.2) is 9.67 Å². The Morgan fingerprint density at radius 2 is 1.65 bits per heavy atom. The SMILES string of the molecule is Cc1[nH]n(-c2ccccc2)c(=O)c1C1=Nc2ccccc2C1=O. The molecule has 0 amide bonds. The van der Waals surface area contributed by atoms with Crippen molar-refractivity contribution in [3.8, 4) is 5.69 Å². The van der Waals surface area contributed by atoms with Crippen molar-refractivity contribution >= 4 is 17.2 Å². The van der Waals surface area contributed by atoms with Crippen LogP contribution in [0.15, 0.2) is 64.4 Å². The molecule has 0 fully saturated rings. The van der Waals surface area contributed by atoms with Crippen LogP contribution in [-0.4, -0.2) is 21.3 Å². The molecule has 0 saturated carbocycles. The predicted molar refractivity (Wildman–Crippen MR) is 88.1 cm³/mol. The fourth-order valence-electron chi connectivity index (χ4n) is 2.82. The molecule has 1 aromatic heterocycles. The summed E-state index contributed by atoms with van der Waals surface area (Å²) < 4.78 is 1.43. The van der Waals surface area contributed by atoms with Gasteiger partial charge in [0.2, 0.25) is 5.78 Å². The molecule has 2 aromatic carbocycles. The van der Waals surface area contributed by atoms with Gasteiger partial charge in [0.05, 0.1) is 16.9 Å². The third kappa shape index (κ3) is 1.97. The van der Waals surface area contributed by atoms with E-state index in [0.717, 1.165) is 5.69 Å². The van der Waals surface area contributed by atoms with Gasteiger partial charge in [0, 0.05) is 11.3 Å². The zero-order chi connectivity index (χ0) is 16.0. The van der Waals surface area contributed by atoms with Crippen molar-refractivity contribution in [1.29, 1.82) is 0 Å². The number of fused-ring (bicyclic) bond motifs is 1. The molecular formula is C18H13N3O2. The number of aromatic amines is 1. The molecule has 0 radical (unpaired) electrons. The van der Waals surface area contributed by atoms with Gasteiger partial charge < -0.3 is 0 Å². The van der Waals surface area contributed by atoms with Crippen molar-refractivity contribution in [1.82, 2.24) is 9.78 Å². The maximum atomic E-state index is 12.8. The molecule has 5 heteroatoms. The van der Waals surface area contributed by atoms with Crippen LogP contribution in [0.3, 0.4) is 0 Å². The number of nitrogens with one attached hydrogen (secondary N) is 1. The third-order valence-electron chi connectivity index (χ3n) is 3.92. The molecule has 112 valence electrons. The van der Waals surface area contributed by atoms with E-state index in [0.29, 0.717) is 22.5 Å². The van der Waals surface area contributed by atoms with E-state index >= 15 is 0 Å². The second-order valence-corrected chi connectivity index (χ2v) is 5.39. The van der Waals surface area contributed by atoms with E-state index in [1.807, 2.05) is 36.4 Å². The molecule has 0 unspecified atom stereocenters. The molecule has 2 heterocycles. The summed E-state index contributed by atoms with van der Waals surface area (Å²) in [7, 11) is 0. The Kier molecular flexibility index (Phi) is 2.87. The van der Waals surface area contributed by atoms with Crippen LogP contribution in [-0.2, 0) is 0 Å². The molecule has 4 rings (SSSR count). The van der Waals surface area contributed by atoms with Crippen molar-refractivity contribution in [2.24, 2.45) is 4.99 Å². The molecule has 0 atom stereocenters. The Labute approximate surface area is 131 Å². The summed E-state index contributed by atoms with van der Waals surface area (Å²) in [4.78, 5) is 29.7. The van der Waals surface area contributed by atoms with Gasteiger partial charge in [-0.3, -0.25) is 14.7 Å². The molecule has 1 N–H and O–H groups in total. The van der Waals surface area contributed by atoms with Gasteiger partial charge in [-0.2, -0.15) is 0 Å². The first-order valence-electron chi connectivity index (χ1n) is 7.26. The number of Topliss-reactive ketones (excluding diaryl/α,β-unsaturated/α-hetero) is 1. The number of rotatable bonds is 2. The number of H-pyrrole nitrogens is 1. The van der Waals surface area contributed by atoms with Gasteiger partial charge >= 0.3 is 0 Å². The molecule has 1 aliphatic heterocycles. The lowest BCUT2D eigenvalue weighted by Gasteiger charge is -1.99. The standard InChI is InChI=1S/C18H13N3O2/c1-11-15(16-17(22)13-9-5-6-10-14(13)19-16)18(23)21(20-11)12-7-3-2-4-8-12/h2-10,20H,1H3. The number of nitrogens with zero attached hydrogens (tertiary/aromatic N) is 2. The Balaban J connectivity index is 1.88. The molecule has 1 aliphatic rings. The van der Waals surface area contributed by atoms with Gasteiger partial charge in [0.25, 0.3) is 5.56 Å². The quantitative estimate of drug-likeness (QED) is 0.791.